The summed E-state index contributed by atoms with van der Waals surface area (Å²) in [5, 5.41) is 18.3. The molecule has 5 fully saturated rings. The Labute approximate surface area is 235 Å². The Kier molecular flexibility index (Phi) is 9.10. The molecule has 40 heavy (non-hydrogen) atoms. The number of hydrogen-bond donors (Lipinski definition) is 3. The summed E-state index contributed by atoms with van der Waals surface area (Å²) >= 11 is 0. The minimum absolute atomic E-state index is 0.0293. The number of methoxy groups -OCH3 is 1. The highest BCUT2D eigenvalue weighted by Crippen LogP contribution is 2.42. The van der Waals surface area contributed by atoms with Gasteiger partial charge in [-0.3, -0.25) is 15.0 Å². The normalized spacial score (nSPS) is 40.0. The lowest BCUT2D eigenvalue weighted by atomic mass is 9.71. The molecule has 13 heteroatoms. The van der Waals surface area contributed by atoms with Gasteiger partial charge in [-0.25, -0.2) is 8.42 Å². The van der Waals surface area contributed by atoms with E-state index in [9.17, 15) is 31.5 Å². The van der Waals surface area contributed by atoms with E-state index in [-0.39, 0.29) is 60.7 Å². The molecule has 0 aromatic rings. The first kappa shape index (κ1) is 30.5. The van der Waals surface area contributed by atoms with Crippen LogP contribution in [-0.4, -0.2) is 117 Å². The van der Waals surface area contributed by atoms with Gasteiger partial charge in [0.25, 0.3) is 0 Å². The fourth-order valence-electron chi connectivity index (χ4n) is 8.41. The van der Waals surface area contributed by atoms with Crippen LogP contribution in [0.25, 0.3) is 0 Å². The van der Waals surface area contributed by atoms with E-state index in [4.69, 9.17) is 4.74 Å². The van der Waals surface area contributed by atoms with E-state index < -0.39 is 45.9 Å². The fraction of sp³-hybridized carbons (Fsp3) is 0.963. The predicted molar refractivity (Wildman–Crippen MR) is 143 cm³/mol. The summed E-state index contributed by atoms with van der Waals surface area (Å²) in [6.07, 6.45) is -0.386. The van der Waals surface area contributed by atoms with Gasteiger partial charge in [0.05, 0.1) is 17.6 Å². The average Bonchev–Trinajstić information content (AvgIpc) is 2.92. The highest BCUT2D eigenvalue weighted by atomic mass is 32.2. The molecule has 5 rings (SSSR count). The van der Waals surface area contributed by atoms with E-state index in [0.717, 1.165) is 30.8 Å². The van der Waals surface area contributed by atoms with Crippen molar-refractivity contribution < 1.29 is 36.2 Å². The number of alkyl halides is 3. The van der Waals surface area contributed by atoms with Crippen molar-refractivity contribution in [1.29, 1.82) is 0 Å². The van der Waals surface area contributed by atoms with E-state index in [2.05, 4.69) is 15.5 Å². The Morgan fingerprint density at radius 2 is 1.73 bits per heavy atom. The van der Waals surface area contributed by atoms with Crippen LogP contribution in [0, 0.1) is 17.8 Å². The van der Waals surface area contributed by atoms with Gasteiger partial charge in [-0.05, 0) is 63.7 Å². The maximum atomic E-state index is 14.4. The molecule has 0 bridgehead atoms. The molecule has 1 saturated carbocycles. The summed E-state index contributed by atoms with van der Waals surface area (Å²) in [6, 6.07) is -1.29. The van der Waals surface area contributed by atoms with Gasteiger partial charge in [0, 0.05) is 63.3 Å². The van der Waals surface area contributed by atoms with Gasteiger partial charge < -0.3 is 20.1 Å². The number of hydrogen-bond acceptors (Lipinski definition) is 8. The summed E-state index contributed by atoms with van der Waals surface area (Å²) in [6.45, 7) is 1.47. The maximum Gasteiger partial charge on any atom is 0.409 e. The van der Waals surface area contributed by atoms with Gasteiger partial charge in [0.1, 0.15) is 22.1 Å². The molecule has 0 spiro atoms. The molecular formula is C27H45F3N4O5S. The number of carbonyl (C=O) groups excluding carboxylic acids is 1. The van der Waals surface area contributed by atoms with Crippen molar-refractivity contribution in [2.75, 3.05) is 38.8 Å². The van der Waals surface area contributed by atoms with Gasteiger partial charge in [0.15, 0.2) is 0 Å². The molecule has 9 nitrogen and oxygen atoms in total. The van der Waals surface area contributed by atoms with E-state index >= 15 is 0 Å². The summed E-state index contributed by atoms with van der Waals surface area (Å²) in [4.78, 5) is 16.4. The van der Waals surface area contributed by atoms with E-state index in [1.807, 2.05) is 0 Å². The molecule has 4 heterocycles. The second-order valence-corrected chi connectivity index (χ2v) is 15.0. The van der Waals surface area contributed by atoms with Gasteiger partial charge in [-0.2, -0.15) is 13.2 Å². The number of aliphatic hydroxyl groups excluding tert-OH is 1. The van der Waals surface area contributed by atoms with Crippen molar-refractivity contribution in [2.24, 2.45) is 17.8 Å². The molecule has 1 aliphatic carbocycles. The molecule has 3 N–H and O–H groups in total. The first-order valence-electron chi connectivity index (χ1n) is 14.9. The number of piperidine rings is 3. The van der Waals surface area contributed by atoms with Crippen LogP contribution < -0.4 is 10.6 Å². The number of aliphatic hydroxyl groups is 1. The quantitative estimate of drug-likeness (QED) is 0.440. The molecule has 0 aromatic carbocycles. The monoisotopic (exact) mass is 594 g/mol. The van der Waals surface area contributed by atoms with Crippen LogP contribution in [-0.2, 0) is 19.4 Å². The minimum atomic E-state index is -4.56. The van der Waals surface area contributed by atoms with E-state index in [1.54, 1.807) is 7.11 Å². The van der Waals surface area contributed by atoms with Crippen LogP contribution in [0.3, 0.4) is 0 Å². The first-order chi connectivity index (χ1) is 18.9. The first-order valence-corrected chi connectivity index (χ1v) is 16.7. The molecule has 0 radical (unpaired) electrons. The Balaban J connectivity index is 1.23. The standard InChI is InChI=1S/C27H45F3N4O5S/c1-33(26(36)17-10-13-40(37,38)14-11-17)25(27(28,29)30)16-3-5-18(6-4-16)34-12-9-21(35)23-20(34)15-31-19-7-8-22(39-2)32-24(19)23/h16-25,31-32,35H,3-15H2,1-2H3/t16?,18?,19?,20?,21?,22?,23?,24?,25-/m0/s1. The van der Waals surface area contributed by atoms with Crippen LogP contribution in [0.5, 0.6) is 0 Å². The zero-order valence-electron chi connectivity index (χ0n) is 23.5. The molecule has 5 aliphatic rings. The van der Waals surface area contributed by atoms with Gasteiger partial charge >= 0.3 is 6.18 Å². The second-order valence-electron chi connectivity index (χ2n) is 12.7. The number of sulfone groups is 1. The molecule has 1 amide bonds. The fourth-order valence-corrected chi connectivity index (χ4v) is 9.90. The van der Waals surface area contributed by atoms with Crippen molar-refractivity contribution in [2.45, 2.75) is 107 Å². The number of ether oxygens (including phenoxy) is 1. The zero-order chi connectivity index (χ0) is 28.8. The SMILES string of the molecule is COC1CCC2NCC3C(C(O)CCN3C3CCC([C@H](N(C)C(=O)C4CCS(=O)(=O)CC4)C(F)(F)F)CC3)C2N1. The second kappa shape index (κ2) is 11.9. The number of fused-ring (bicyclic) bond motifs is 3. The lowest BCUT2D eigenvalue weighted by Gasteiger charge is -2.57. The van der Waals surface area contributed by atoms with Crippen LogP contribution in [0.2, 0.25) is 0 Å². The van der Waals surface area contributed by atoms with Crippen LogP contribution in [0.15, 0.2) is 0 Å². The van der Waals surface area contributed by atoms with Crippen molar-refractivity contribution in [3.63, 3.8) is 0 Å². The van der Waals surface area contributed by atoms with E-state index in [1.165, 1.54) is 7.05 Å². The summed E-state index contributed by atoms with van der Waals surface area (Å²) < 4.78 is 72.2. The van der Waals surface area contributed by atoms with Crippen molar-refractivity contribution in [3.8, 4) is 0 Å². The van der Waals surface area contributed by atoms with Crippen molar-refractivity contribution >= 4 is 15.7 Å². The number of carbonyl (C=O) groups is 1. The predicted octanol–water partition coefficient (Wildman–Crippen LogP) is 1.51. The lowest BCUT2D eigenvalue weighted by Crippen LogP contribution is -2.73. The zero-order valence-corrected chi connectivity index (χ0v) is 24.3. The van der Waals surface area contributed by atoms with Crippen LogP contribution in [0.1, 0.15) is 57.8 Å². The third-order valence-electron chi connectivity index (χ3n) is 10.5. The molecule has 6 unspecified atom stereocenters. The summed E-state index contributed by atoms with van der Waals surface area (Å²) in [7, 11) is -0.288. The third-order valence-corrected chi connectivity index (χ3v) is 12.2. The Bertz CT molecular complexity index is 995. The van der Waals surface area contributed by atoms with Gasteiger partial charge in [-0.1, -0.05) is 0 Å². The molecule has 230 valence electrons. The largest absolute Gasteiger partial charge is 0.409 e. The minimum Gasteiger partial charge on any atom is -0.393 e. The molecule has 4 aliphatic heterocycles. The Morgan fingerprint density at radius 3 is 2.35 bits per heavy atom. The van der Waals surface area contributed by atoms with Crippen molar-refractivity contribution in [1.82, 2.24) is 20.4 Å². The number of rotatable bonds is 5. The van der Waals surface area contributed by atoms with Crippen LogP contribution >= 0.6 is 0 Å². The number of halogens is 3. The highest BCUT2D eigenvalue weighted by molar-refractivity contribution is 7.91. The molecule has 0 aromatic heterocycles. The Morgan fingerprint density at radius 1 is 1.05 bits per heavy atom. The number of amides is 1. The third kappa shape index (κ3) is 6.20. The number of nitrogens with one attached hydrogen (secondary N) is 2. The maximum absolute atomic E-state index is 14.4. The summed E-state index contributed by atoms with van der Waals surface area (Å²) in [5.74, 6) is -2.24. The number of likely N-dealkylation sites (tertiary alicyclic amines) is 1. The topological polar surface area (TPSA) is 111 Å². The van der Waals surface area contributed by atoms with Gasteiger partial charge in [0.2, 0.25) is 5.91 Å². The number of nitrogens with zero attached hydrogens (tertiary/aromatic N) is 2. The summed E-state index contributed by atoms with van der Waals surface area (Å²) in [5.41, 5.74) is 0. The van der Waals surface area contributed by atoms with E-state index in [0.29, 0.717) is 32.1 Å². The Hall–Kier alpha value is -0.990. The molecule has 4 saturated heterocycles. The smallest absolute Gasteiger partial charge is 0.393 e. The molecular weight excluding hydrogens is 549 g/mol. The van der Waals surface area contributed by atoms with Crippen molar-refractivity contribution in [3.05, 3.63) is 0 Å². The molecule has 7 atom stereocenters. The van der Waals surface area contributed by atoms with Crippen LogP contribution in [0.4, 0.5) is 13.2 Å². The highest BCUT2D eigenvalue weighted by Gasteiger charge is 2.53. The average molecular weight is 595 g/mol. The van der Waals surface area contributed by atoms with Gasteiger partial charge in [-0.15, -0.1) is 0 Å². The lowest BCUT2D eigenvalue weighted by molar-refractivity contribution is -0.203.